The minimum atomic E-state index is -0.873. The minimum absolute atomic E-state index is 0.0535. The number of carbonyl (C=O) groups is 3. The molecule has 1 saturated heterocycles. The molecular formula is C16H14N4O4. The molecule has 0 spiro atoms. The number of rotatable bonds is 5. The largest absolute Gasteiger partial charge is 0.423 e. The number of carbonyl (C=O) groups excluding carboxylic acids is 3. The van der Waals surface area contributed by atoms with E-state index < -0.39 is 17.8 Å². The van der Waals surface area contributed by atoms with Crippen LogP contribution in [0, 0.1) is 0 Å². The lowest BCUT2D eigenvalue weighted by Gasteiger charge is -2.14. The van der Waals surface area contributed by atoms with E-state index in [2.05, 4.69) is 10.2 Å². The van der Waals surface area contributed by atoms with Gasteiger partial charge in [-0.2, -0.15) is 0 Å². The topological polar surface area (TPSA) is 96.6 Å². The molecule has 1 saturated carbocycles. The molecule has 4 rings (SSSR count). The van der Waals surface area contributed by atoms with Crippen LogP contribution in [0.1, 0.15) is 36.1 Å². The van der Waals surface area contributed by atoms with Gasteiger partial charge in [-0.15, -0.1) is 10.2 Å². The normalized spacial score (nSPS) is 17.9. The Morgan fingerprint density at radius 1 is 0.958 bits per heavy atom. The van der Waals surface area contributed by atoms with Crippen LogP contribution in [0.5, 0.6) is 0 Å². The van der Waals surface area contributed by atoms with E-state index in [-0.39, 0.29) is 24.9 Å². The third-order valence-corrected chi connectivity index (χ3v) is 4.02. The summed E-state index contributed by atoms with van der Waals surface area (Å²) in [5.74, 6) is -0.746. The highest BCUT2D eigenvalue weighted by molar-refractivity contribution is 6.44. The van der Waals surface area contributed by atoms with Crippen LogP contribution in [-0.4, -0.2) is 37.8 Å². The summed E-state index contributed by atoms with van der Waals surface area (Å²) in [6.45, 7) is -0.133. The third-order valence-electron chi connectivity index (χ3n) is 4.02. The van der Waals surface area contributed by atoms with E-state index in [9.17, 15) is 14.4 Å². The van der Waals surface area contributed by atoms with E-state index in [1.807, 2.05) is 6.07 Å². The molecule has 0 unspecified atom stereocenters. The molecule has 0 bridgehead atoms. The Morgan fingerprint density at radius 2 is 1.62 bits per heavy atom. The fourth-order valence-electron chi connectivity index (χ4n) is 2.56. The highest BCUT2D eigenvalue weighted by Crippen LogP contribution is 2.39. The number of hydrogen-bond acceptors (Lipinski definition) is 6. The number of aromatic nitrogens is 2. The van der Waals surface area contributed by atoms with Crippen molar-refractivity contribution < 1.29 is 18.8 Å². The number of imide groups is 2. The Bertz CT molecular complexity index is 812. The molecule has 1 aliphatic heterocycles. The van der Waals surface area contributed by atoms with Crippen LogP contribution >= 0.6 is 0 Å². The molecule has 2 aliphatic rings. The lowest BCUT2D eigenvalue weighted by atomic mass is 10.2. The summed E-state index contributed by atoms with van der Waals surface area (Å²) in [6.07, 6.45) is 2.01. The van der Waals surface area contributed by atoms with E-state index >= 15 is 0 Å². The first kappa shape index (κ1) is 14.6. The Kier molecular flexibility index (Phi) is 3.37. The lowest BCUT2D eigenvalue weighted by molar-refractivity contribution is -0.143. The SMILES string of the molecule is O=C1C(=O)N(Cc2nnc(C3CC3)o2)C(=O)N1Cc1ccccc1. The zero-order valence-corrected chi connectivity index (χ0v) is 12.7. The maximum atomic E-state index is 12.4. The van der Waals surface area contributed by atoms with Crippen molar-refractivity contribution in [2.75, 3.05) is 0 Å². The molecular weight excluding hydrogens is 312 g/mol. The predicted octanol–water partition coefficient (Wildman–Crippen LogP) is 1.44. The Labute approximate surface area is 137 Å². The average molecular weight is 326 g/mol. The van der Waals surface area contributed by atoms with Gasteiger partial charge in [-0.3, -0.25) is 14.5 Å². The summed E-state index contributed by atoms with van der Waals surface area (Å²) in [5.41, 5.74) is 0.766. The van der Waals surface area contributed by atoms with Crippen LogP contribution in [0.15, 0.2) is 34.7 Å². The Morgan fingerprint density at radius 3 is 2.29 bits per heavy atom. The van der Waals surface area contributed by atoms with Gasteiger partial charge in [0.1, 0.15) is 6.54 Å². The van der Waals surface area contributed by atoms with E-state index in [1.54, 1.807) is 24.3 Å². The molecule has 2 heterocycles. The van der Waals surface area contributed by atoms with Crippen molar-refractivity contribution in [2.45, 2.75) is 31.8 Å². The third kappa shape index (κ3) is 2.55. The quantitative estimate of drug-likeness (QED) is 0.609. The fourth-order valence-corrected chi connectivity index (χ4v) is 2.56. The molecule has 0 radical (unpaired) electrons. The second kappa shape index (κ2) is 5.55. The van der Waals surface area contributed by atoms with Gasteiger partial charge < -0.3 is 4.42 Å². The first-order valence-corrected chi connectivity index (χ1v) is 7.67. The van der Waals surface area contributed by atoms with Gasteiger partial charge in [0, 0.05) is 5.92 Å². The number of benzene rings is 1. The van der Waals surface area contributed by atoms with Crippen molar-refractivity contribution in [3.63, 3.8) is 0 Å². The standard InChI is InChI=1S/C16H14N4O4/c21-14-15(22)20(9-12-17-18-13(24-12)11-6-7-11)16(23)19(14)8-10-4-2-1-3-5-10/h1-5,11H,6-9H2. The summed E-state index contributed by atoms with van der Waals surface area (Å²) >= 11 is 0. The van der Waals surface area contributed by atoms with Crippen LogP contribution in [0.4, 0.5) is 4.79 Å². The molecule has 4 amide bonds. The van der Waals surface area contributed by atoms with Gasteiger partial charge in [0.15, 0.2) is 0 Å². The van der Waals surface area contributed by atoms with Crippen LogP contribution in [-0.2, 0) is 22.7 Å². The van der Waals surface area contributed by atoms with Crippen molar-refractivity contribution in [1.29, 1.82) is 0 Å². The van der Waals surface area contributed by atoms with Crippen molar-refractivity contribution in [3.05, 3.63) is 47.7 Å². The fraction of sp³-hybridized carbons (Fsp3) is 0.312. The van der Waals surface area contributed by atoms with Gasteiger partial charge in [0.05, 0.1) is 6.54 Å². The van der Waals surface area contributed by atoms with Crippen molar-refractivity contribution in [3.8, 4) is 0 Å². The minimum Gasteiger partial charge on any atom is -0.423 e. The number of urea groups is 1. The maximum Gasteiger partial charge on any atom is 0.335 e. The lowest BCUT2D eigenvalue weighted by Crippen LogP contribution is -2.32. The zero-order valence-electron chi connectivity index (χ0n) is 12.7. The molecule has 0 atom stereocenters. The molecule has 8 nitrogen and oxygen atoms in total. The first-order valence-electron chi connectivity index (χ1n) is 7.67. The smallest absolute Gasteiger partial charge is 0.335 e. The second-order valence-electron chi connectivity index (χ2n) is 5.86. The molecule has 1 aromatic heterocycles. The van der Waals surface area contributed by atoms with Gasteiger partial charge in [-0.25, -0.2) is 9.69 Å². The van der Waals surface area contributed by atoms with E-state index in [0.717, 1.165) is 28.2 Å². The monoisotopic (exact) mass is 326 g/mol. The van der Waals surface area contributed by atoms with Gasteiger partial charge in [-0.1, -0.05) is 30.3 Å². The number of hydrogen-bond donors (Lipinski definition) is 0. The van der Waals surface area contributed by atoms with Crippen LogP contribution < -0.4 is 0 Å². The Balaban J connectivity index is 1.50. The highest BCUT2D eigenvalue weighted by Gasteiger charge is 2.45. The molecule has 2 aromatic rings. The van der Waals surface area contributed by atoms with E-state index in [4.69, 9.17) is 4.42 Å². The van der Waals surface area contributed by atoms with Gasteiger partial charge in [-0.05, 0) is 18.4 Å². The average Bonchev–Trinajstić information content (AvgIpc) is 3.31. The highest BCUT2D eigenvalue weighted by atomic mass is 16.4. The predicted molar refractivity (Wildman–Crippen MR) is 79.2 cm³/mol. The summed E-state index contributed by atoms with van der Waals surface area (Å²) < 4.78 is 5.46. The zero-order chi connectivity index (χ0) is 16.7. The first-order chi connectivity index (χ1) is 11.6. The molecule has 0 N–H and O–H groups in total. The van der Waals surface area contributed by atoms with E-state index in [0.29, 0.717) is 5.89 Å². The molecule has 1 aromatic carbocycles. The van der Waals surface area contributed by atoms with E-state index in [1.165, 1.54) is 0 Å². The number of amides is 4. The molecule has 8 heteroatoms. The van der Waals surface area contributed by atoms with Crippen LogP contribution in [0.25, 0.3) is 0 Å². The van der Waals surface area contributed by atoms with Crippen molar-refractivity contribution in [2.24, 2.45) is 0 Å². The molecule has 122 valence electrons. The number of nitrogens with zero attached hydrogens (tertiary/aromatic N) is 4. The molecule has 1 aliphatic carbocycles. The van der Waals surface area contributed by atoms with Gasteiger partial charge in [0.2, 0.25) is 11.8 Å². The van der Waals surface area contributed by atoms with Gasteiger partial charge >= 0.3 is 17.8 Å². The van der Waals surface area contributed by atoms with Crippen molar-refractivity contribution in [1.82, 2.24) is 20.0 Å². The molecule has 2 fully saturated rings. The van der Waals surface area contributed by atoms with Gasteiger partial charge in [0.25, 0.3) is 0 Å². The molecule has 24 heavy (non-hydrogen) atoms. The summed E-state index contributed by atoms with van der Waals surface area (Å²) in [4.78, 5) is 38.4. The van der Waals surface area contributed by atoms with Crippen molar-refractivity contribution >= 4 is 17.8 Å². The Hall–Kier alpha value is -3.03. The summed E-state index contributed by atoms with van der Waals surface area (Å²) in [7, 11) is 0. The second-order valence-corrected chi connectivity index (χ2v) is 5.86. The van der Waals surface area contributed by atoms with Crippen LogP contribution in [0.3, 0.4) is 0 Å². The van der Waals surface area contributed by atoms with Crippen LogP contribution in [0.2, 0.25) is 0 Å². The summed E-state index contributed by atoms with van der Waals surface area (Å²) in [6, 6.07) is 8.35. The summed E-state index contributed by atoms with van der Waals surface area (Å²) in [5, 5.41) is 7.76. The maximum absolute atomic E-state index is 12.4.